The fourth-order valence-electron chi connectivity index (χ4n) is 2.54. The number of ether oxygens (including phenoxy) is 2. The molecule has 2 rings (SSSR count). The topological polar surface area (TPSA) is 42.2 Å². The molecular formula is C25H33NO2. The van der Waals surface area contributed by atoms with E-state index in [0.717, 1.165) is 27.8 Å². The van der Waals surface area contributed by atoms with E-state index in [0.29, 0.717) is 18.1 Å². The van der Waals surface area contributed by atoms with Gasteiger partial charge in [-0.2, -0.15) is 5.26 Å². The van der Waals surface area contributed by atoms with Gasteiger partial charge in [-0.25, -0.2) is 0 Å². The molecule has 0 saturated carbocycles. The van der Waals surface area contributed by atoms with E-state index in [2.05, 4.69) is 12.6 Å². The highest BCUT2D eigenvalue weighted by Gasteiger charge is 2.11. The number of nitrogens with zero attached hydrogens (tertiary/aromatic N) is 1. The summed E-state index contributed by atoms with van der Waals surface area (Å²) in [6, 6.07) is 13.9. The first-order valence-electron chi connectivity index (χ1n) is 9.79. The van der Waals surface area contributed by atoms with Crippen LogP contribution in [-0.2, 0) is 0 Å². The number of rotatable bonds is 6. The van der Waals surface area contributed by atoms with Crippen LogP contribution < -0.4 is 9.47 Å². The molecule has 0 atom stereocenters. The van der Waals surface area contributed by atoms with Crippen LogP contribution in [0.1, 0.15) is 56.9 Å². The lowest BCUT2D eigenvalue weighted by Gasteiger charge is -2.14. The average Bonchev–Trinajstić information content (AvgIpc) is 2.75. The predicted molar refractivity (Wildman–Crippen MR) is 121 cm³/mol. The van der Waals surface area contributed by atoms with Crippen LogP contribution in [0.5, 0.6) is 11.5 Å². The normalized spacial score (nSPS) is 9.71. The minimum atomic E-state index is 0.544. The molecule has 0 N–H and O–H groups in total. The smallest absolute Gasteiger partial charge is 0.161 e. The first-order valence-corrected chi connectivity index (χ1v) is 9.79. The maximum Gasteiger partial charge on any atom is 0.161 e. The Hall–Kier alpha value is -2.99. The molecule has 2 aromatic carbocycles. The lowest BCUT2D eigenvalue weighted by molar-refractivity contribution is 0.311. The van der Waals surface area contributed by atoms with Gasteiger partial charge in [-0.05, 0) is 59.9 Å². The number of methoxy groups -OCH3 is 1. The Labute approximate surface area is 170 Å². The molecule has 0 aliphatic carbocycles. The third-order valence-electron chi connectivity index (χ3n) is 3.79. The molecular weight excluding hydrogens is 346 g/mol. The van der Waals surface area contributed by atoms with Gasteiger partial charge in [-0.15, -0.1) is 0 Å². The van der Waals surface area contributed by atoms with Crippen molar-refractivity contribution in [2.24, 2.45) is 0 Å². The van der Waals surface area contributed by atoms with Crippen LogP contribution in [0.25, 0.3) is 11.6 Å². The lowest BCUT2D eigenvalue weighted by atomic mass is 9.94. The van der Waals surface area contributed by atoms with E-state index in [-0.39, 0.29) is 0 Å². The maximum absolute atomic E-state index is 9.21. The molecule has 0 aliphatic heterocycles. The number of hydrogen-bond donors (Lipinski definition) is 0. The standard InChI is InChI=1S/C21H21NO2.2C2H6/c1-5-16-13-17(8-7-15(16)3)19(11-12-22)18-9-10-20(23-4)21(14-18)24-6-2;2*1-2/h5,7-11,13-14H,1,6H2,2-4H3;2*1-2H3/b19-11+;;. The second kappa shape index (κ2) is 14.1. The summed E-state index contributed by atoms with van der Waals surface area (Å²) in [7, 11) is 1.61. The van der Waals surface area contributed by atoms with Gasteiger partial charge >= 0.3 is 0 Å². The molecule has 0 unspecified atom stereocenters. The average molecular weight is 380 g/mol. The SMILES string of the molecule is C=Cc1cc(/C(=C\C#N)c2ccc(OC)c(OCC)c2)ccc1C.CC.CC. The molecule has 2 aromatic rings. The van der Waals surface area contributed by atoms with Gasteiger partial charge in [-0.1, -0.05) is 58.5 Å². The third kappa shape index (κ3) is 6.63. The van der Waals surface area contributed by atoms with Crippen molar-refractivity contribution < 1.29 is 9.47 Å². The summed E-state index contributed by atoms with van der Waals surface area (Å²) in [4.78, 5) is 0. The Balaban J connectivity index is 0.00000171. The molecule has 0 bridgehead atoms. The first-order chi connectivity index (χ1) is 13.6. The second-order valence-corrected chi connectivity index (χ2v) is 5.26. The number of benzene rings is 2. The van der Waals surface area contributed by atoms with Crippen LogP contribution in [0.15, 0.2) is 49.1 Å². The van der Waals surface area contributed by atoms with Gasteiger partial charge in [0, 0.05) is 6.08 Å². The van der Waals surface area contributed by atoms with E-state index in [1.165, 1.54) is 0 Å². The Morgan fingerprint density at radius 2 is 1.64 bits per heavy atom. The Morgan fingerprint density at radius 1 is 1.04 bits per heavy atom. The van der Waals surface area contributed by atoms with Gasteiger partial charge in [-0.3, -0.25) is 0 Å². The molecule has 0 fully saturated rings. The van der Waals surface area contributed by atoms with Gasteiger partial charge in [0.05, 0.1) is 19.8 Å². The van der Waals surface area contributed by atoms with Gasteiger partial charge in [0.2, 0.25) is 0 Å². The van der Waals surface area contributed by atoms with Gasteiger partial charge in [0.25, 0.3) is 0 Å². The summed E-state index contributed by atoms with van der Waals surface area (Å²) < 4.78 is 11.0. The van der Waals surface area contributed by atoms with E-state index in [1.54, 1.807) is 13.2 Å². The van der Waals surface area contributed by atoms with Crippen LogP contribution in [0.3, 0.4) is 0 Å². The van der Waals surface area contributed by atoms with Crippen molar-refractivity contribution >= 4 is 11.6 Å². The maximum atomic E-state index is 9.21. The quantitative estimate of drug-likeness (QED) is 0.505. The molecule has 0 aromatic heterocycles. The van der Waals surface area contributed by atoms with Crippen LogP contribution in [0, 0.1) is 18.3 Å². The van der Waals surface area contributed by atoms with E-state index in [9.17, 15) is 5.26 Å². The minimum absolute atomic E-state index is 0.544. The van der Waals surface area contributed by atoms with Crippen molar-refractivity contribution in [1.82, 2.24) is 0 Å². The highest BCUT2D eigenvalue weighted by Crippen LogP contribution is 2.33. The van der Waals surface area contributed by atoms with Crippen molar-refractivity contribution in [3.05, 3.63) is 71.3 Å². The summed E-state index contributed by atoms with van der Waals surface area (Å²) in [6.07, 6.45) is 3.37. The number of hydrogen-bond acceptors (Lipinski definition) is 3. The minimum Gasteiger partial charge on any atom is -0.493 e. The van der Waals surface area contributed by atoms with Gasteiger partial charge < -0.3 is 9.47 Å². The first kappa shape index (κ1) is 25.0. The summed E-state index contributed by atoms with van der Waals surface area (Å²) in [5.41, 5.74) is 4.90. The zero-order chi connectivity index (χ0) is 21.5. The molecule has 0 heterocycles. The van der Waals surface area contributed by atoms with Crippen molar-refractivity contribution in [3.63, 3.8) is 0 Å². The molecule has 3 heteroatoms. The molecule has 0 amide bonds. The lowest BCUT2D eigenvalue weighted by Crippen LogP contribution is -1.97. The van der Waals surface area contributed by atoms with E-state index in [4.69, 9.17) is 9.47 Å². The number of aryl methyl sites for hydroxylation is 1. The number of nitriles is 1. The Bertz CT molecular complexity index is 814. The Kier molecular flexibility index (Phi) is 12.6. The van der Waals surface area contributed by atoms with Gasteiger partial charge in [0.15, 0.2) is 11.5 Å². The van der Waals surface area contributed by atoms with Crippen molar-refractivity contribution in [2.45, 2.75) is 41.5 Å². The summed E-state index contributed by atoms with van der Waals surface area (Å²) in [5, 5.41) is 9.21. The zero-order valence-corrected chi connectivity index (χ0v) is 18.3. The third-order valence-corrected chi connectivity index (χ3v) is 3.79. The summed E-state index contributed by atoms with van der Waals surface area (Å²) in [6.45, 7) is 16.4. The molecule has 150 valence electrons. The van der Waals surface area contributed by atoms with Crippen LogP contribution >= 0.6 is 0 Å². The summed E-state index contributed by atoms with van der Waals surface area (Å²) >= 11 is 0. The van der Waals surface area contributed by atoms with Crippen LogP contribution in [-0.4, -0.2) is 13.7 Å². The van der Waals surface area contributed by atoms with Crippen molar-refractivity contribution in [1.29, 1.82) is 5.26 Å². The molecule has 0 saturated heterocycles. The fourth-order valence-corrected chi connectivity index (χ4v) is 2.54. The molecule has 0 radical (unpaired) electrons. The molecule has 28 heavy (non-hydrogen) atoms. The highest BCUT2D eigenvalue weighted by atomic mass is 16.5. The predicted octanol–water partition coefficient (Wildman–Crippen LogP) is 7.05. The largest absolute Gasteiger partial charge is 0.493 e. The highest BCUT2D eigenvalue weighted by molar-refractivity contribution is 5.83. The summed E-state index contributed by atoms with van der Waals surface area (Å²) in [5.74, 6) is 1.34. The molecule has 0 aliphatic rings. The zero-order valence-electron chi connectivity index (χ0n) is 18.3. The molecule has 0 spiro atoms. The van der Waals surface area contributed by atoms with E-state index < -0.39 is 0 Å². The van der Waals surface area contributed by atoms with Crippen LogP contribution in [0.2, 0.25) is 0 Å². The number of allylic oxidation sites excluding steroid dienone is 1. The van der Waals surface area contributed by atoms with E-state index >= 15 is 0 Å². The second-order valence-electron chi connectivity index (χ2n) is 5.26. The Morgan fingerprint density at radius 3 is 2.18 bits per heavy atom. The molecule has 3 nitrogen and oxygen atoms in total. The van der Waals surface area contributed by atoms with Crippen molar-refractivity contribution in [3.8, 4) is 17.6 Å². The van der Waals surface area contributed by atoms with E-state index in [1.807, 2.05) is 84.0 Å². The monoisotopic (exact) mass is 379 g/mol. The van der Waals surface area contributed by atoms with Crippen LogP contribution in [0.4, 0.5) is 0 Å². The van der Waals surface area contributed by atoms with Crippen molar-refractivity contribution in [2.75, 3.05) is 13.7 Å². The fraction of sp³-hybridized carbons (Fsp3) is 0.320. The van der Waals surface area contributed by atoms with Gasteiger partial charge in [0.1, 0.15) is 0 Å².